The Morgan fingerprint density at radius 1 is 1.12 bits per heavy atom. The van der Waals surface area contributed by atoms with Crippen LogP contribution < -0.4 is 20.3 Å². The number of alkyl halides is 3. The molecule has 2 aliphatic rings. The van der Waals surface area contributed by atoms with E-state index in [0.29, 0.717) is 36.2 Å². The summed E-state index contributed by atoms with van der Waals surface area (Å²) in [7, 11) is 0. The topological polar surface area (TPSA) is 62.3 Å². The molecule has 1 aliphatic carbocycles. The van der Waals surface area contributed by atoms with E-state index in [1.165, 1.54) is 6.07 Å². The smallest absolute Gasteiger partial charge is 0.433 e. The van der Waals surface area contributed by atoms with Crippen LogP contribution in [0.25, 0.3) is 0 Å². The Kier molecular flexibility index (Phi) is 7.04. The molecule has 6 nitrogen and oxygen atoms in total. The van der Waals surface area contributed by atoms with E-state index >= 15 is 0 Å². The van der Waals surface area contributed by atoms with Crippen LogP contribution in [-0.4, -0.2) is 41.2 Å². The molecule has 0 aromatic carbocycles. The molecule has 0 amide bonds. The number of hydrogen-bond acceptors (Lipinski definition) is 6. The Morgan fingerprint density at radius 3 is 2.56 bits per heavy atom. The fraction of sp³-hybridized carbons (Fsp3) is 0.583. The SMILES string of the molecule is CC(C)Nc1cc(N2CCC(CC(C)Nc3cc(F)cnc3OC3CC3)C2)nc(C(F)(F)F)c1. The van der Waals surface area contributed by atoms with Gasteiger partial charge in [0.25, 0.3) is 0 Å². The number of aromatic nitrogens is 2. The molecule has 1 saturated carbocycles. The second-order valence-corrected chi connectivity index (χ2v) is 9.60. The van der Waals surface area contributed by atoms with E-state index in [1.54, 1.807) is 6.07 Å². The summed E-state index contributed by atoms with van der Waals surface area (Å²) in [5.41, 5.74) is 0.0410. The number of hydrogen-bond donors (Lipinski definition) is 2. The lowest BCUT2D eigenvalue weighted by Crippen LogP contribution is -2.25. The molecule has 1 saturated heterocycles. The molecule has 0 bridgehead atoms. The van der Waals surface area contributed by atoms with Gasteiger partial charge in [0.1, 0.15) is 29.1 Å². The molecule has 2 N–H and O–H groups in total. The van der Waals surface area contributed by atoms with Gasteiger partial charge in [0, 0.05) is 43.0 Å². The van der Waals surface area contributed by atoms with E-state index in [2.05, 4.69) is 20.6 Å². The summed E-state index contributed by atoms with van der Waals surface area (Å²) in [6, 6.07) is 4.12. The van der Waals surface area contributed by atoms with Crippen LogP contribution in [0.5, 0.6) is 5.88 Å². The van der Waals surface area contributed by atoms with Gasteiger partial charge >= 0.3 is 6.18 Å². The Morgan fingerprint density at radius 2 is 1.88 bits per heavy atom. The van der Waals surface area contributed by atoms with Crippen LogP contribution in [0.1, 0.15) is 52.1 Å². The summed E-state index contributed by atoms with van der Waals surface area (Å²) in [6.45, 7) is 6.99. The molecule has 2 aromatic rings. The van der Waals surface area contributed by atoms with E-state index < -0.39 is 17.7 Å². The lowest BCUT2D eigenvalue weighted by Gasteiger charge is -2.23. The largest absolute Gasteiger partial charge is 0.473 e. The summed E-state index contributed by atoms with van der Waals surface area (Å²) in [4.78, 5) is 9.89. The van der Waals surface area contributed by atoms with Crippen molar-refractivity contribution >= 4 is 17.2 Å². The second kappa shape index (κ2) is 9.84. The Hall–Kier alpha value is -2.78. The van der Waals surface area contributed by atoms with Crippen molar-refractivity contribution in [3.8, 4) is 5.88 Å². The number of pyridine rings is 2. The minimum Gasteiger partial charge on any atom is -0.473 e. The van der Waals surface area contributed by atoms with Crippen LogP contribution in [0.2, 0.25) is 0 Å². The minimum absolute atomic E-state index is 0.000632. The van der Waals surface area contributed by atoms with Crippen LogP contribution in [0.15, 0.2) is 24.4 Å². The van der Waals surface area contributed by atoms with Crippen molar-refractivity contribution in [3.05, 3.63) is 35.9 Å². The summed E-state index contributed by atoms with van der Waals surface area (Å²) >= 11 is 0. The lowest BCUT2D eigenvalue weighted by atomic mass is 10.00. The molecule has 186 valence electrons. The molecule has 3 heterocycles. The molecule has 2 atom stereocenters. The zero-order valence-corrected chi connectivity index (χ0v) is 19.6. The van der Waals surface area contributed by atoms with Gasteiger partial charge in [-0.15, -0.1) is 0 Å². The Balaban J connectivity index is 1.40. The number of halogens is 4. The van der Waals surface area contributed by atoms with Gasteiger partial charge in [0.05, 0.1) is 6.20 Å². The number of anilines is 3. The van der Waals surface area contributed by atoms with E-state index in [4.69, 9.17) is 4.74 Å². The molecular weight excluding hydrogens is 450 g/mol. The highest BCUT2D eigenvalue weighted by molar-refractivity contribution is 5.56. The summed E-state index contributed by atoms with van der Waals surface area (Å²) in [6.07, 6.45) is 0.337. The average molecular weight is 482 g/mol. The van der Waals surface area contributed by atoms with Gasteiger partial charge in [-0.25, -0.2) is 14.4 Å². The van der Waals surface area contributed by atoms with E-state index in [1.807, 2.05) is 25.7 Å². The number of rotatable bonds is 9. The first kappa shape index (κ1) is 24.3. The summed E-state index contributed by atoms with van der Waals surface area (Å²) in [5.74, 6) is 0.554. The monoisotopic (exact) mass is 481 g/mol. The fourth-order valence-electron chi connectivity index (χ4n) is 4.27. The Bertz CT molecular complexity index is 996. The first-order valence-corrected chi connectivity index (χ1v) is 11.8. The third-order valence-electron chi connectivity index (χ3n) is 5.88. The van der Waals surface area contributed by atoms with E-state index in [0.717, 1.165) is 37.9 Å². The van der Waals surface area contributed by atoms with Crippen molar-refractivity contribution in [2.45, 2.75) is 70.8 Å². The molecule has 10 heteroatoms. The number of nitrogens with one attached hydrogen (secondary N) is 2. The van der Waals surface area contributed by atoms with Gasteiger partial charge < -0.3 is 20.3 Å². The fourth-order valence-corrected chi connectivity index (χ4v) is 4.27. The third kappa shape index (κ3) is 6.42. The zero-order valence-electron chi connectivity index (χ0n) is 19.6. The predicted octanol–water partition coefficient (Wildman–Crippen LogP) is 5.71. The van der Waals surface area contributed by atoms with Crippen molar-refractivity contribution in [2.24, 2.45) is 5.92 Å². The quantitative estimate of drug-likeness (QED) is 0.447. The average Bonchev–Trinajstić information content (AvgIpc) is 3.44. The maximum atomic E-state index is 13.8. The van der Waals surface area contributed by atoms with Gasteiger partial charge in [-0.1, -0.05) is 0 Å². The van der Waals surface area contributed by atoms with Crippen LogP contribution in [0.4, 0.5) is 34.8 Å². The first-order valence-electron chi connectivity index (χ1n) is 11.8. The van der Waals surface area contributed by atoms with Crippen molar-refractivity contribution in [1.82, 2.24) is 9.97 Å². The highest BCUT2D eigenvalue weighted by Gasteiger charge is 2.35. The van der Waals surface area contributed by atoms with Gasteiger partial charge in [-0.05, 0) is 58.4 Å². The number of ether oxygens (including phenoxy) is 1. The van der Waals surface area contributed by atoms with E-state index in [9.17, 15) is 17.6 Å². The van der Waals surface area contributed by atoms with Gasteiger partial charge in [-0.3, -0.25) is 0 Å². The van der Waals surface area contributed by atoms with Crippen LogP contribution in [0.3, 0.4) is 0 Å². The Labute approximate surface area is 197 Å². The maximum absolute atomic E-state index is 13.8. The zero-order chi connectivity index (χ0) is 24.5. The number of nitrogens with zero attached hydrogens (tertiary/aromatic N) is 3. The third-order valence-corrected chi connectivity index (χ3v) is 5.88. The molecule has 0 radical (unpaired) electrons. The van der Waals surface area contributed by atoms with Crippen molar-refractivity contribution in [1.29, 1.82) is 0 Å². The van der Waals surface area contributed by atoms with Gasteiger partial charge in [0.15, 0.2) is 0 Å². The second-order valence-electron chi connectivity index (χ2n) is 9.60. The molecule has 1 aliphatic heterocycles. The molecule has 2 fully saturated rings. The highest BCUT2D eigenvalue weighted by Crippen LogP contribution is 2.35. The van der Waals surface area contributed by atoms with Crippen LogP contribution in [-0.2, 0) is 6.18 Å². The predicted molar refractivity (Wildman–Crippen MR) is 124 cm³/mol. The molecule has 2 unspecified atom stereocenters. The molecule has 34 heavy (non-hydrogen) atoms. The van der Waals surface area contributed by atoms with Gasteiger partial charge in [-0.2, -0.15) is 13.2 Å². The van der Waals surface area contributed by atoms with Gasteiger partial charge in [0.2, 0.25) is 5.88 Å². The first-order chi connectivity index (χ1) is 16.1. The highest BCUT2D eigenvalue weighted by atomic mass is 19.4. The van der Waals surface area contributed by atoms with Crippen molar-refractivity contribution in [3.63, 3.8) is 0 Å². The standard InChI is InChI=1S/C24H31F4N5O/c1-14(2)30-18-10-21(24(26,27)28)32-22(11-18)33-7-6-16(13-33)8-15(3)31-20-9-17(25)12-29-23(20)34-19-4-5-19/h9-12,14-16,19,31H,4-8,13H2,1-3H3,(H,30,32). The van der Waals surface area contributed by atoms with Crippen LogP contribution >= 0.6 is 0 Å². The van der Waals surface area contributed by atoms with Crippen molar-refractivity contribution in [2.75, 3.05) is 28.6 Å². The molecule has 4 rings (SSSR count). The molecule has 0 spiro atoms. The van der Waals surface area contributed by atoms with Crippen molar-refractivity contribution < 1.29 is 22.3 Å². The summed E-state index contributed by atoms with van der Waals surface area (Å²) in [5, 5.41) is 6.36. The maximum Gasteiger partial charge on any atom is 0.433 e. The van der Waals surface area contributed by atoms with Crippen LogP contribution in [0, 0.1) is 11.7 Å². The molecule has 2 aromatic heterocycles. The summed E-state index contributed by atoms with van der Waals surface area (Å²) < 4.78 is 59.8. The normalized spacial score (nSPS) is 19.4. The molecular formula is C24H31F4N5O. The van der Waals surface area contributed by atoms with E-state index in [-0.39, 0.29) is 24.1 Å². The lowest BCUT2D eigenvalue weighted by molar-refractivity contribution is -0.141. The minimum atomic E-state index is -4.51.